The fourth-order valence-corrected chi connectivity index (χ4v) is 3.72. The summed E-state index contributed by atoms with van der Waals surface area (Å²) in [5, 5.41) is 0.973. The van der Waals surface area contributed by atoms with Crippen molar-refractivity contribution in [3.63, 3.8) is 0 Å². The van der Waals surface area contributed by atoms with Crippen molar-refractivity contribution in [2.75, 3.05) is 0 Å². The van der Waals surface area contributed by atoms with Gasteiger partial charge < -0.3 is 4.55 Å². The SMILES string of the molecule is Sc1nc2ccccc2s1.[O-][s+]1ncc2ccccc21. The topological polar surface area (TPSA) is 48.8 Å². The number of rotatable bonds is 0. The summed E-state index contributed by atoms with van der Waals surface area (Å²) in [6, 6.07) is 15.5. The Balaban J connectivity index is 0.000000121. The van der Waals surface area contributed by atoms with E-state index < -0.39 is 10.9 Å². The van der Waals surface area contributed by atoms with Crippen LogP contribution in [0.1, 0.15) is 0 Å². The summed E-state index contributed by atoms with van der Waals surface area (Å²) in [6.07, 6.45) is 1.64. The maximum absolute atomic E-state index is 11.0. The first-order chi connectivity index (χ1) is 9.74. The van der Waals surface area contributed by atoms with Crippen molar-refractivity contribution in [2.45, 2.75) is 4.34 Å². The molecule has 0 bridgehead atoms. The molecular formula is C14H10N2OS3. The third-order valence-corrected chi connectivity index (χ3v) is 4.94. The van der Waals surface area contributed by atoms with E-state index in [1.807, 2.05) is 48.5 Å². The van der Waals surface area contributed by atoms with Crippen molar-refractivity contribution in [1.29, 1.82) is 0 Å². The molecule has 100 valence electrons. The minimum Gasteiger partial charge on any atom is -0.568 e. The van der Waals surface area contributed by atoms with Crippen molar-refractivity contribution in [3.8, 4) is 0 Å². The second-order valence-corrected chi connectivity index (χ2v) is 6.89. The molecule has 1 unspecified atom stereocenters. The fourth-order valence-electron chi connectivity index (χ4n) is 1.77. The Hall–Kier alpha value is -1.47. The number of benzene rings is 2. The fraction of sp³-hybridized carbons (Fsp3) is 0. The van der Waals surface area contributed by atoms with Gasteiger partial charge in [-0.25, -0.2) is 4.98 Å². The smallest absolute Gasteiger partial charge is 0.206 e. The highest BCUT2D eigenvalue weighted by molar-refractivity contribution is 7.82. The maximum atomic E-state index is 11.0. The molecule has 1 atom stereocenters. The highest BCUT2D eigenvalue weighted by Gasteiger charge is 2.03. The number of fused-ring (bicyclic) bond motifs is 2. The van der Waals surface area contributed by atoms with Gasteiger partial charge in [0.05, 0.1) is 32.7 Å². The standard InChI is InChI=1S/C7H5NOS.C7H5NS2/c9-10-7-4-2-1-3-6(7)5-8-10;9-7-8-5-3-1-2-4-6(5)10-7/h1-5H;1-4H,(H,8,9). The van der Waals surface area contributed by atoms with E-state index in [2.05, 4.69) is 22.0 Å². The molecule has 2 heterocycles. The highest BCUT2D eigenvalue weighted by atomic mass is 32.2. The minimum atomic E-state index is -1.13. The van der Waals surface area contributed by atoms with Gasteiger partial charge in [-0.15, -0.1) is 24.0 Å². The second kappa shape index (κ2) is 5.88. The van der Waals surface area contributed by atoms with Gasteiger partial charge in [0.15, 0.2) is 0 Å². The molecule has 0 aliphatic carbocycles. The van der Waals surface area contributed by atoms with Crippen LogP contribution < -0.4 is 0 Å². The van der Waals surface area contributed by atoms with Crippen LogP contribution >= 0.6 is 34.9 Å². The Bertz CT molecular complexity index is 812. The van der Waals surface area contributed by atoms with Gasteiger partial charge in [0.25, 0.3) is 0 Å². The van der Waals surface area contributed by atoms with Gasteiger partial charge in [0, 0.05) is 6.07 Å². The molecule has 2 aromatic carbocycles. The Kier molecular flexibility index (Phi) is 3.98. The quantitative estimate of drug-likeness (QED) is 0.382. The van der Waals surface area contributed by atoms with Gasteiger partial charge in [-0.05, 0) is 22.6 Å². The van der Waals surface area contributed by atoms with Crippen LogP contribution in [0.5, 0.6) is 0 Å². The predicted octanol–water partition coefficient (Wildman–Crippen LogP) is 4.55. The monoisotopic (exact) mass is 318 g/mol. The first-order valence-corrected chi connectivity index (χ1v) is 8.20. The molecule has 0 amide bonds. The molecule has 0 N–H and O–H groups in total. The van der Waals surface area contributed by atoms with E-state index in [1.54, 1.807) is 17.5 Å². The molecule has 4 rings (SSSR count). The largest absolute Gasteiger partial charge is 0.568 e. The minimum absolute atomic E-state index is 0.822. The summed E-state index contributed by atoms with van der Waals surface area (Å²) in [5.74, 6) is 0. The number of thiol groups is 1. The lowest BCUT2D eigenvalue weighted by molar-refractivity contribution is 0.593. The van der Waals surface area contributed by atoms with Crippen LogP contribution in [0.2, 0.25) is 0 Å². The number of hydrogen-bond donors (Lipinski definition) is 1. The number of nitrogens with zero attached hydrogens (tertiary/aromatic N) is 2. The van der Waals surface area contributed by atoms with Gasteiger partial charge in [-0.1, -0.05) is 24.3 Å². The lowest BCUT2D eigenvalue weighted by Gasteiger charge is -1.83. The van der Waals surface area contributed by atoms with E-state index in [9.17, 15) is 4.55 Å². The normalized spacial score (nSPS) is 11.4. The molecule has 0 spiro atoms. The molecule has 2 aromatic heterocycles. The maximum Gasteiger partial charge on any atom is 0.206 e. The van der Waals surface area contributed by atoms with Crippen LogP contribution in [0.4, 0.5) is 0 Å². The summed E-state index contributed by atoms with van der Waals surface area (Å²) >= 11 is 5.76. The average Bonchev–Trinajstić information content (AvgIpc) is 3.02. The number of thiazole rings is 1. The van der Waals surface area contributed by atoms with E-state index >= 15 is 0 Å². The lowest BCUT2D eigenvalue weighted by atomic mass is 10.3. The Labute approximate surface area is 128 Å². The van der Waals surface area contributed by atoms with Crippen molar-refractivity contribution in [1.82, 2.24) is 9.36 Å². The van der Waals surface area contributed by atoms with E-state index in [1.165, 1.54) is 4.70 Å². The van der Waals surface area contributed by atoms with Crippen molar-refractivity contribution < 1.29 is 4.55 Å². The molecule has 0 fully saturated rings. The molecule has 6 heteroatoms. The Morgan fingerprint density at radius 3 is 2.60 bits per heavy atom. The Morgan fingerprint density at radius 2 is 1.80 bits per heavy atom. The first-order valence-electron chi connectivity index (χ1n) is 5.83. The van der Waals surface area contributed by atoms with Crippen LogP contribution in [0.15, 0.2) is 59.1 Å². The van der Waals surface area contributed by atoms with Gasteiger partial charge in [0.1, 0.15) is 4.34 Å². The van der Waals surface area contributed by atoms with Gasteiger partial charge in [-0.3, -0.25) is 0 Å². The summed E-state index contributed by atoms with van der Waals surface area (Å²) in [5.41, 5.74) is 1.04. The summed E-state index contributed by atoms with van der Waals surface area (Å²) < 4.78 is 17.6. The summed E-state index contributed by atoms with van der Waals surface area (Å²) in [6.45, 7) is 0. The zero-order valence-corrected chi connectivity index (χ0v) is 12.8. The van der Waals surface area contributed by atoms with Crippen LogP contribution in [0.25, 0.3) is 20.3 Å². The molecule has 4 aromatic rings. The molecule has 0 saturated carbocycles. The van der Waals surface area contributed by atoms with Crippen molar-refractivity contribution >= 4 is 55.2 Å². The second-order valence-electron chi connectivity index (χ2n) is 3.99. The molecule has 0 radical (unpaired) electrons. The number of hydrogen-bond acceptors (Lipinski definition) is 5. The summed E-state index contributed by atoms with van der Waals surface area (Å²) in [4.78, 5) is 4.20. The molecule has 20 heavy (non-hydrogen) atoms. The molecule has 0 aliphatic rings. The average molecular weight is 318 g/mol. The van der Waals surface area contributed by atoms with Gasteiger partial charge in [0.2, 0.25) is 4.70 Å². The van der Waals surface area contributed by atoms with E-state index in [0.717, 1.165) is 19.9 Å². The van der Waals surface area contributed by atoms with Crippen molar-refractivity contribution in [3.05, 3.63) is 54.7 Å². The first kappa shape index (κ1) is 13.5. The van der Waals surface area contributed by atoms with Crippen molar-refractivity contribution in [2.24, 2.45) is 0 Å². The van der Waals surface area contributed by atoms with Crippen LogP contribution in [-0.2, 0) is 0 Å². The zero-order chi connectivity index (χ0) is 13.9. The predicted molar refractivity (Wildman–Crippen MR) is 87.3 cm³/mol. The number of aromatic nitrogens is 2. The molecule has 3 nitrogen and oxygen atoms in total. The Morgan fingerprint density at radius 1 is 1.05 bits per heavy atom. The number of para-hydroxylation sites is 1. The van der Waals surface area contributed by atoms with Crippen LogP contribution in [0, 0.1) is 0 Å². The summed E-state index contributed by atoms with van der Waals surface area (Å²) in [7, 11) is -1.13. The van der Waals surface area contributed by atoms with E-state index in [4.69, 9.17) is 0 Å². The van der Waals surface area contributed by atoms with Crippen LogP contribution in [-0.4, -0.2) is 13.9 Å². The third kappa shape index (κ3) is 2.83. The molecule has 0 saturated heterocycles. The van der Waals surface area contributed by atoms with Gasteiger partial charge >= 0.3 is 0 Å². The van der Waals surface area contributed by atoms with Gasteiger partial charge in [-0.2, -0.15) is 0 Å². The van der Waals surface area contributed by atoms with E-state index in [0.29, 0.717) is 0 Å². The molecule has 0 aliphatic heterocycles. The third-order valence-electron chi connectivity index (χ3n) is 2.68. The highest BCUT2D eigenvalue weighted by Crippen LogP contribution is 2.24. The molecular weight excluding hydrogens is 308 g/mol. The lowest BCUT2D eigenvalue weighted by Crippen LogP contribution is -1.63. The van der Waals surface area contributed by atoms with E-state index in [-0.39, 0.29) is 0 Å². The van der Waals surface area contributed by atoms with Crippen LogP contribution in [0.3, 0.4) is 0 Å². The zero-order valence-electron chi connectivity index (χ0n) is 10.3.